The van der Waals surface area contributed by atoms with Crippen LogP contribution < -0.4 is 4.72 Å². The number of amides is 1. The Balaban J connectivity index is 2.96. The number of ether oxygens (including phenoxy) is 1. The average molecular weight is 348 g/mol. The van der Waals surface area contributed by atoms with Gasteiger partial charge in [-0.15, -0.1) is 0 Å². The molecule has 0 aliphatic carbocycles. The number of methoxy groups -OCH3 is 1. The predicted molar refractivity (Wildman–Crippen MR) is 83.2 cm³/mol. The molecule has 0 heterocycles. The van der Waals surface area contributed by atoms with E-state index in [4.69, 9.17) is 11.6 Å². The van der Waals surface area contributed by atoms with Crippen LogP contribution in [0.4, 0.5) is 0 Å². The Kier molecular flexibility index (Phi) is 5.96. The van der Waals surface area contributed by atoms with Gasteiger partial charge in [0.25, 0.3) is 5.91 Å². The number of nitrogens with one attached hydrogen (secondary N) is 1. The summed E-state index contributed by atoms with van der Waals surface area (Å²) in [4.78, 5) is 23.5. The fourth-order valence-electron chi connectivity index (χ4n) is 1.81. The molecule has 0 aliphatic heterocycles. The van der Waals surface area contributed by atoms with Gasteiger partial charge < -0.3 is 4.74 Å². The van der Waals surface area contributed by atoms with Crippen molar-refractivity contribution in [3.63, 3.8) is 0 Å². The molecule has 2 atom stereocenters. The third kappa shape index (κ3) is 4.20. The molecular formula is C14H18ClNO5S. The summed E-state index contributed by atoms with van der Waals surface area (Å²) in [5.74, 6) is -2.33. The lowest BCUT2D eigenvalue weighted by Crippen LogP contribution is -2.42. The molecule has 0 spiro atoms. The fraction of sp³-hybridized carbons (Fsp3) is 0.429. The molecular weight excluding hydrogens is 330 g/mol. The number of hydrogen-bond donors (Lipinski definition) is 1. The maximum absolute atomic E-state index is 12.2. The smallest absolute Gasteiger partial charge is 0.309 e. The van der Waals surface area contributed by atoms with Gasteiger partial charge in [-0.3, -0.25) is 9.59 Å². The van der Waals surface area contributed by atoms with Gasteiger partial charge in [0.15, 0.2) is 0 Å². The zero-order valence-corrected chi connectivity index (χ0v) is 14.3. The maximum atomic E-state index is 12.2. The highest BCUT2D eigenvalue weighted by Crippen LogP contribution is 2.17. The summed E-state index contributed by atoms with van der Waals surface area (Å²) in [5.41, 5.74) is 0.750. The zero-order valence-electron chi connectivity index (χ0n) is 12.7. The van der Waals surface area contributed by atoms with Gasteiger partial charge in [-0.2, -0.15) is 0 Å². The molecule has 6 nitrogen and oxygen atoms in total. The van der Waals surface area contributed by atoms with E-state index in [2.05, 4.69) is 4.74 Å². The minimum absolute atomic E-state index is 0.200. The third-order valence-corrected chi connectivity index (χ3v) is 5.53. The minimum atomic E-state index is -4.02. The molecule has 0 saturated heterocycles. The van der Waals surface area contributed by atoms with Crippen LogP contribution in [0.5, 0.6) is 0 Å². The first-order valence-corrected chi connectivity index (χ1v) is 8.42. The number of carbonyl (C=O) groups is 2. The van der Waals surface area contributed by atoms with Gasteiger partial charge in [0.2, 0.25) is 10.0 Å². The molecule has 0 radical (unpaired) electrons. The molecule has 0 bridgehead atoms. The standard InChI is InChI=1S/C14H18ClNO5S/c1-8-7-11(15)5-6-12(8)13(17)16-22(19,20)10(3)9(2)14(18)21-4/h5-7,9-10H,1-4H3,(H,16,17)/t9-,10+/m1/s1. The number of halogens is 1. The second-order valence-corrected chi connectivity index (χ2v) is 7.43. The van der Waals surface area contributed by atoms with Gasteiger partial charge in [0.1, 0.15) is 0 Å². The number of benzene rings is 1. The van der Waals surface area contributed by atoms with E-state index >= 15 is 0 Å². The van der Waals surface area contributed by atoms with Crippen LogP contribution in [-0.4, -0.2) is 32.7 Å². The van der Waals surface area contributed by atoms with Crippen LogP contribution in [0.25, 0.3) is 0 Å². The van der Waals surface area contributed by atoms with Crippen LogP contribution in [-0.2, 0) is 19.6 Å². The van der Waals surface area contributed by atoms with E-state index in [1.165, 1.54) is 33.1 Å². The van der Waals surface area contributed by atoms with Crippen molar-refractivity contribution in [2.45, 2.75) is 26.0 Å². The van der Waals surface area contributed by atoms with Gasteiger partial charge in [0.05, 0.1) is 18.3 Å². The first-order chi connectivity index (χ1) is 10.1. The molecule has 1 amide bonds. The van der Waals surface area contributed by atoms with E-state index in [0.29, 0.717) is 10.6 Å². The highest BCUT2D eigenvalue weighted by molar-refractivity contribution is 7.90. The first kappa shape index (κ1) is 18.4. The molecule has 122 valence electrons. The molecule has 0 fully saturated rings. The summed E-state index contributed by atoms with van der Waals surface area (Å²) < 4.78 is 30.9. The predicted octanol–water partition coefficient (Wildman–Crippen LogP) is 1.91. The molecule has 0 aliphatic rings. The maximum Gasteiger partial charge on any atom is 0.309 e. The normalized spacial score (nSPS) is 14.0. The molecule has 1 N–H and O–H groups in total. The number of hydrogen-bond acceptors (Lipinski definition) is 5. The van der Waals surface area contributed by atoms with Crippen molar-refractivity contribution in [1.29, 1.82) is 0 Å². The Morgan fingerprint density at radius 3 is 2.36 bits per heavy atom. The van der Waals surface area contributed by atoms with Crippen molar-refractivity contribution in [3.8, 4) is 0 Å². The van der Waals surface area contributed by atoms with Crippen molar-refractivity contribution < 1.29 is 22.7 Å². The van der Waals surface area contributed by atoms with E-state index in [-0.39, 0.29) is 5.56 Å². The molecule has 0 aromatic heterocycles. The highest BCUT2D eigenvalue weighted by Gasteiger charge is 2.33. The summed E-state index contributed by atoms with van der Waals surface area (Å²) in [6.45, 7) is 4.41. The Morgan fingerprint density at radius 1 is 1.27 bits per heavy atom. The van der Waals surface area contributed by atoms with Crippen molar-refractivity contribution in [3.05, 3.63) is 34.3 Å². The Morgan fingerprint density at radius 2 is 1.86 bits per heavy atom. The van der Waals surface area contributed by atoms with Crippen LogP contribution in [0.1, 0.15) is 29.8 Å². The number of carbonyl (C=O) groups excluding carboxylic acids is 2. The van der Waals surface area contributed by atoms with Gasteiger partial charge >= 0.3 is 5.97 Å². The largest absolute Gasteiger partial charge is 0.469 e. The minimum Gasteiger partial charge on any atom is -0.469 e. The van der Waals surface area contributed by atoms with Gasteiger partial charge in [-0.1, -0.05) is 18.5 Å². The molecule has 1 aromatic carbocycles. The van der Waals surface area contributed by atoms with E-state index < -0.39 is 33.1 Å². The van der Waals surface area contributed by atoms with Crippen LogP contribution in [0.3, 0.4) is 0 Å². The summed E-state index contributed by atoms with van der Waals surface area (Å²) in [6, 6.07) is 4.50. The van der Waals surface area contributed by atoms with Crippen LogP contribution in [0.15, 0.2) is 18.2 Å². The van der Waals surface area contributed by atoms with E-state index in [9.17, 15) is 18.0 Å². The van der Waals surface area contributed by atoms with E-state index in [1.54, 1.807) is 13.0 Å². The van der Waals surface area contributed by atoms with Crippen molar-refractivity contribution in [2.75, 3.05) is 7.11 Å². The average Bonchev–Trinajstić information content (AvgIpc) is 2.43. The summed E-state index contributed by atoms with van der Waals surface area (Å²) in [5, 5.41) is -0.666. The van der Waals surface area contributed by atoms with E-state index in [1.807, 2.05) is 4.72 Å². The lowest BCUT2D eigenvalue weighted by Gasteiger charge is -2.19. The quantitative estimate of drug-likeness (QED) is 0.822. The second kappa shape index (κ2) is 7.11. The summed E-state index contributed by atoms with van der Waals surface area (Å²) >= 11 is 5.80. The molecule has 1 aromatic rings. The van der Waals surface area contributed by atoms with Crippen LogP contribution in [0.2, 0.25) is 5.02 Å². The monoisotopic (exact) mass is 347 g/mol. The Labute approximate surface area is 134 Å². The lowest BCUT2D eigenvalue weighted by atomic mass is 10.1. The topological polar surface area (TPSA) is 89.5 Å². The van der Waals surface area contributed by atoms with Crippen LogP contribution in [0, 0.1) is 12.8 Å². The van der Waals surface area contributed by atoms with Gasteiger partial charge in [-0.05, 0) is 37.6 Å². The number of esters is 1. The highest BCUT2D eigenvalue weighted by atomic mass is 35.5. The first-order valence-electron chi connectivity index (χ1n) is 6.50. The van der Waals surface area contributed by atoms with Crippen LogP contribution >= 0.6 is 11.6 Å². The summed E-state index contributed by atoms with van der Waals surface area (Å²) in [6.07, 6.45) is 0. The number of rotatable bonds is 5. The molecule has 8 heteroatoms. The third-order valence-electron chi connectivity index (χ3n) is 3.43. The lowest BCUT2D eigenvalue weighted by molar-refractivity contribution is -0.144. The van der Waals surface area contributed by atoms with Crippen molar-refractivity contribution >= 4 is 33.5 Å². The SMILES string of the molecule is COC(=O)[C@H](C)[C@H](C)S(=O)(=O)NC(=O)c1ccc(Cl)cc1C. The Bertz CT molecular complexity index is 686. The van der Waals surface area contributed by atoms with Crippen molar-refractivity contribution in [1.82, 2.24) is 4.72 Å². The van der Waals surface area contributed by atoms with Gasteiger partial charge in [0, 0.05) is 10.6 Å². The van der Waals surface area contributed by atoms with E-state index in [0.717, 1.165) is 0 Å². The Hall–Kier alpha value is -1.60. The second-order valence-electron chi connectivity index (χ2n) is 4.95. The molecule has 22 heavy (non-hydrogen) atoms. The summed E-state index contributed by atoms with van der Waals surface area (Å²) in [7, 11) is -2.85. The van der Waals surface area contributed by atoms with Gasteiger partial charge in [-0.25, -0.2) is 13.1 Å². The van der Waals surface area contributed by atoms with Crippen molar-refractivity contribution in [2.24, 2.45) is 5.92 Å². The molecule has 1 rings (SSSR count). The number of sulfonamides is 1. The molecule has 0 unspecified atom stereocenters. The fourth-order valence-corrected chi connectivity index (χ4v) is 3.23. The molecule has 0 saturated carbocycles. The number of aryl methyl sites for hydroxylation is 1. The zero-order chi connectivity index (χ0) is 17.1.